The number of carbonyl (C=O) groups excluding carboxylic acids is 4. The second kappa shape index (κ2) is 14.9. The molecule has 42 heavy (non-hydrogen) atoms. The minimum Gasteiger partial charge on any atom is -0.465 e. The molecule has 0 aromatic heterocycles. The van der Waals surface area contributed by atoms with Crippen molar-refractivity contribution < 1.29 is 28.7 Å². The normalized spacial score (nSPS) is 10.4. The summed E-state index contributed by atoms with van der Waals surface area (Å²) in [5.41, 5.74) is 3.75. The highest BCUT2D eigenvalue weighted by atomic mass is 33.1. The number of rotatable bonds is 11. The number of ether oxygens (including phenoxy) is 2. The topological polar surface area (TPSA) is 111 Å². The van der Waals surface area contributed by atoms with Gasteiger partial charge in [-0.2, -0.15) is 0 Å². The molecular weight excluding hydrogens is 572 g/mol. The Kier molecular flexibility index (Phi) is 10.8. The van der Waals surface area contributed by atoms with Gasteiger partial charge in [-0.25, -0.2) is 9.59 Å². The molecule has 4 aromatic carbocycles. The van der Waals surface area contributed by atoms with Gasteiger partial charge in [-0.3, -0.25) is 9.59 Å². The van der Waals surface area contributed by atoms with Crippen molar-refractivity contribution >= 4 is 45.3 Å². The molecule has 0 radical (unpaired) electrons. The van der Waals surface area contributed by atoms with E-state index < -0.39 is 11.9 Å². The molecule has 0 aliphatic heterocycles. The van der Waals surface area contributed by atoms with Crippen molar-refractivity contribution in [2.24, 2.45) is 0 Å². The Morgan fingerprint density at radius 3 is 1.12 bits per heavy atom. The van der Waals surface area contributed by atoms with Crippen molar-refractivity contribution in [3.05, 3.63) is 130 Å². The second-order valence-electron chi connectivity index (χ2n) is 8.96. The van der Waals surface area contributed by atoms with Crippen LogP contribution in [0.4, 0.5) is 0 Å². The fourth-order valence-electron chi connectivity index (χ4n) is 3.74. The average molecular weight is 601 g/mol. The third-order valence-electron chi connectivity index (χ3n) is 6.12. The van der Waals surface area contributed by atoms with E-state index in [1.807, 2.05) is 24.3 Å². The number of methoxy groups -OCH3 is 2. The number of nitrogens with one attached hydrogen (secondary N) is 2. The largest absolute Gasteiger partial charge is 0.465 e. The summed E-state index contributed by atoms with van der Waals surface area (Å²) in [6.45, 7) is 0.676. The van der Waals surface area contributed by atoms with Gasteiger partial charge < -0.3 is 20.1 Å². The lowest BCUT2D eigenvalue weighted by Crippen LogP contribution is -2.22. The number of amides is 2. The van der Waals surface area contributed by atoms with E-state index in [2.05, 4.69) is 10.6 Å². The second-order valence-corrected chi connectivity index (χ2v) is 11.2. The first-order chi connectivity index (χ1) is 20.4. The number of hydrogen-bond acceptors (Lipinski definition) is 8. The Morgan fingerprint density at radius 1 is 0.500 bits per heavy atom. The molecule has 4 aromatic rings. The molecule has 0 saturated heterocycles. The first kappa shape index (κ1) is 30.4. The lowest BCUT2D eigenvalue weighted by molar-refractivity contribution is 0.0592. The molecule has 0 aliphatic carbocycles. The monoisotopic (exact) mass is 600 g/mol. The minimum atomic E-state index is -0.403. The van der Waals surface area contributed by atoms with Gasteiger partial charge in [-0.1, -0.05) is 45.9 Å². The molecule has 0 heterocycles. The lowest BCUT2D eigenvalue weighted by atomic mass is 10.1. The van der Waals surface area contributed by atoms with Crippen molar-refractivity contribution in [1.82, 2.24) is 10.6 Å². The van der Waals surface area contributed by atoms with Gasteiger partial charge in [0.05, 0.1) is 25.3 Å². The smallest absolute Gasteiger partial charge is 0.337 e. The first-order valence-electron chi connectivity index (χ1n) is 12.8. The fraction of sp³-hybridized carbons (Fsp3) is 0.125. The van der Waals surface area contributed by atoms with Crippen LogP contribution in [0.5, 0.6) is 0 Å². The molecule has 8 nitrogen and oxygen atoms in total. The molecule has 10 heteroatoms. The minimum absolute atomic E-state index is 0.191. The zero-order valence-electron chi connectivity index (χ0n) is 22.9. The average Bonchev–Trinajstić information content (AvgIpc) is 3.05. The summed E-state index contributed by atoms with van der Waals surface area (Å²) in [4.78, 5) is 50.1. The number of carbonyl (C=O) groups is 4. The highest BCUT2D eigenvalue weighted by Gasteiger charge is 2.10. The van der Waals surface area contributed by atoms with Crippen molar-refractivity contribution in [2.45, 2.75) is 22.9 Å². The SMILES string of the molecule is COC(=O)c1ccc(CNC(=O)c2ccc(SSc3ccc(C(=O)NCc4ccc(C(=O)OC)cc4)cc3)cc2)cc1. The Bertz CT molecular complexity index is 1420. The van der Waals surface area contributed by atoms with Crippen LogP contribution in [-0.4, -0.2) is 38.0 Å². The maximum atomic E-state index is 12.5. The van der Waals surface area contributed by atoms with Crippen LogP contribution in [0.25, 0.3) is 0 Å². The van der Waals surface area contributed by atoms with E-state index in [9.17, 15) is 19.2 Å². The number of benzene rings is 4. The van der Waals surface area contributed by atoms with Crippen molar-refractivity contribution in [2.75, 3.05) is 14.2 Å². The standard InChI is InChI=1S/C32H28N2O6S2/c1-39-31(37)25-7-3-21(4-8-25)19-33-29(35)23-11-15-27(16-12-23)41-42-28-17-13-24(14-18-28)30(36)34-20-22-5-9-26(10-6-22)32(38)40-2/h3-18H,19-20H2,1-2H3,(H,33,35)(H,34,36). The molecule has 4 rings (SSSR count). The van der Waals surface area contributed by atoms with Gasteiger partial charge in [0.25, 0.3) is 11.8 Å². The predicted octanol–water partition coefficient (Wildman–Crippen LogP) is 5.92. The van der Waals surface area contributed by atoms with Gasteiger partial charge >= 0.3 is 11.9 Å². The highest BCUT2D eigenvalue weighted by Crippen LogP contribution is 2.37. The molecule has 0 fully saturated rings. The van der Waals surface area contributed by atoms with Crippen LogP contribution in [-0.2, 0) is 22.6 Å². The van der Waals surface area contributed by atoms with E-state index in [0.717, 1.165) is 20.9 Å². The number of esters is 2. The molecule has 2 N–H and O–H groups in total. The summed E-state index contributed by atoms with van der Waals surface area (Å²) in [6, 6.07) is 28.4. The highest BCUT2D eigenvalue weighted by molar-refractivity contribution is 8.76. The van der Waals surface area contributed by atoms with Crippen molar-refractivity contribution in [3.63, 3.8) is 0 Å². The van der Waals surface area contributed by atoms with Crippen LogP contribution in [0.1, 0.15) is 52.6 Å². The van der Waals surface area contributed by atoms with Gasteiger partial charge in [-0.15, -0.1) is 0 Å². The Hall–Kier alpha value is -4.54. The predicted molar refractivity (Wildman–Crippen MR) is 163 cm³/mol. The van der Waals surface area contributed by atoms with E-state index in [-0.39, 0.29) is 11.8 Å². The summed E-state index contributed by atoms with van der Waals surface area (Å²) in [5.74, 6) is -1.19. The quantitative estimate of drug-likeness (QED) is 0.161. The Morgan fingerprint density at radius 2 is 0.810 bits per heavy atom. The van der Waals surface area contributed by atoms with Gasteiger partial charge in [0.2, 0.25) is 0 Å². The van der Waals surface area contributed by atoms with Gasteiger partial charge in [-0.05, 0) is 83.9 Å². The van der Waals surface area contributed by atoms with E-state index in [4.69, 9.17) is 9.47 Å². The molecule has 0 unspecified atom stereocenters. The molecule has 214 valence electrons. The molecular formula is C32H28N2O6S2. The van der Waals surface area contributed by atoms with Crippen molar-refractivity contribution in [1.29, 1.82) is 0 Å². The van der Waals surface area contributed by atoms with Crippen LogP contribution in [0.3, 0.4) is 0 Å². The van der Waals surface area contributed by atoms with Crippen LogP contribution < -0.4 is 10.6 Å². The summed E-state index contributed by atoms with van der Waals surface area (Å²) in [7, 11) is 5.77. The Labute approximate surface area is 251 Å². The molecule has 0 aliphatic rings. The van der Waals surface area contributed by atoms with Gasteiger partial charge in [0.1, 0.15) is 0 Å². The van der Waals surface area contributed by atoms with Crippen LogP contribution in [0, 0.1) is 0 Å². The summed E-state index contributed by atoms with van der Waals surface area (Å²) in [5, 5.41) is 5.76. The number of hydrogen-bond donors (Lipinski definition) is 2. The molecule has 2 amide bonds. The van der Waals surface area contributed by atoms with Crippen LogP contribution in [0.2, 0.25) is 0 Å². The van der Waals surface area contributed by atoms with Crippen LogP contribution >= 0.6 is 21.6 Å². The fourth-order valence-corrected chi connectivity index (χ4v) is 5.67. The Balaban J connectivity index is 1.21. The third-order valence-corrected chi connectivity index (χ3v) is 8.54. The zero-order chi connectivity index (χ0) is 29.9. The summed E-state index contributed by atoms with van der Waals surface area (Å²) in [6.07, 6.45) is 0. The molecule has 0 atom stereocenters. The van der Waals surface area contributed by atoms with E-state index >= 15 is 0 Å². The first-order valence-corrected chi connectivity index (χ1v) is 15.0. The van der Waals surface area contributed by atoms with E-state index in [1.165, 1.54) is 14.2 Å². The summed E-state index contributed by atoms with van der Waals surface area (Å²) < 4.78 is 9.38. The molecule has 0 bridgehead atoms. The van der Waals surface area contributed by atoms with Crippen molar-refractivity contribution in [3.8, 4) is 0 Å². The maximum absolute atomic E-state index is 12.5. The lowest BCUT2D eigenvalue weighted by Gasteiger charge is -2.08. The molecule has 0 saturated carbocycles. The van der Waals surface area contributed by atoms with Gasteiger partial charge in [0, 0.05) is 34.0 Å². The van der Waals surface area contributed by atoms with E-state index in [0.29, 0.717) is 35.3 Å². The summed E-state index contributed by atoms with van der Waals surface area (Å²) >= 11 is 0. The van der Waals surface area contributed by atoms with Crippen LogP contribution in [0.15, 0.2) is 107 Å². The maximum Gasteiger partial charge on any atom is 0.337 e. The molecule has 0 spiro atoms. The zero-order valence-corrected chi connectivity index (χ0v) is 24.6. The van der Waals surface area contributed by atoms with E-state index in [1.54, 1.807) is 94.4 Å². The van der Waals surface area contributed by atoms with Gasteiger partial charge in [0.15, 0.2) is 0 Å². The third kappa shape index (κ3) is 8.48.